The van der Waals surface area contributed by atoms with Crippen molar-refractivity contribution in [1.82, 2.24) is 10.2 Å². The Morgan fingerprint density at radius 3 is 2.44 bits per heavy atom. The van der Waals surface area contributed by atoms with Gasteiger partial charge in [-0.3, -0.25) is 0 Å². The summed E-state index contributed by atoms with van der Waals surface area (Å²) in [6.45, 7) is 1.50. The fourth-order valence-corrected chi connectivity index (χ4v) is 2.88. The first-order valence-electron chi connectivity index (χ1n) is 8.41. The second-order valence-corrected chi connectivity index (χ2v) is 7.57. The van der Waals surface area contributed by atoms with E-state index in [0.717, 1.165) is 17.4 Å². The van der Waals surface area contributed by atoms with Crippen molar-refractivity contribution in [3.63, 3.8) is 0 Å². The molecule has 0 saturated carbocycles. The molecule has 0 saturated heterocycles. The first-order valence-corrected chi connectivity index (χ1v) is 10.2. The maximum atomic E-state index is 12.6. The topological polar surface area (TPSA) is 84.9 Å². The van der Waals surface area contributed by atoms with Crippen LogP contribution in [0.3, 0.4) is 0 Å². The number of carbonyl (C=O) groups excluding carboxylic acids is 1. The molecule has 0 heterocycles. The van der Waals surface area contributed by atoms with Gasteiger partial charge in [-0.05, 0) is 23.3 Å². The number of nitrogens with one attached hydrogen (secondary N) is 1. The smallest absolute Gasteiger partial charge is 0.318 e. The molecule has 0 spiro atoms. The first-order chi connectivity index (χ1) is 12.9. The molecule has 2 aromatic carbocycles. The Hall–Kier alpha value is -2.58. The van der Waals surface area contributed by atoms with Crippen LogP contribution >= 0.6 is 0 Å². The van der Waals surface area contributed by atoms with E-state index in [4.69, 9.17) is 8.92 Å². The quantitative estimate of drug-likeness (QED) is 0.663. The van der Waals surface area contributed by atoms with Crippen molar-refractivity contribution in [1.29, 1.82) is 0 Å². The summed E-state index contributed by atoms with van der Waals surface area (Å²) in [4.78, 5) is 14.2. The molecule has 0 aliphatic heterocycles. The van der Waals surface area contributed by atoms with Gasteiger partial charge >= 0.3 is 16.1 Å². The molecular formula is C19H24N2O5S. The third-order valence-corrected chi connectivity index (χ3v) is 4.15. The molecule has 0 unspecified atom stereocenters. The van der Waals surface area contributed by atoms with Crippen molar-refractivity contribution >= 4 is 16.1 Å². The third kappa shape index (κ3) is 7.67. The van der Waals surface area contributed by atoms with E-state index in [9.17, 15) is 13.2 Å². The van der Waals surface area contributed by atoms with Crippen LogP contribution in [-0.2, 0) is 27.9 Å². The second-order valence-electron chi connectivity index (χ2n) is 5.99. The van der Waals surface area contributed by atoms with Crippen molar-refractivity contribution < 1.29 is 22.1 Å². The summed E-state index contributed by atoms with van der Waals surface area (Å²) in [6.07, 6.45) is 0.988. The van der Waals surface area contributed by atoms with Crippen molar-refractivity contribution in [2.24, 2.45) is 0 Å². The molecule has 2 aromatic rings. The Kier molecular flexibility index (Phi) is 7.63. The van der Waals surface area contributed by atoms with Crippen LogP contribution in [-0.4, -0.2) is 45.9 Å². The molecule has 27 heavy (non-hydrogen) atoms. The van der Waals surface area contributed by atoms with E-state index in [0.29, 0.717) is 26.2 Å². The lowest BCUT2D eigenvalue weighted by Gasteiger charge is -2.23. The molecule has 8 heteroatoms. The molecule has 0 radical (unpaired) electrons. The molecule has 0 fully saturated rings. The Morgan fingerprint density at radius 1 is 1.07 bits per heavy atom. The van der Waals surface area contributed by atoms with Crippen molar-refractivity contribution in [2.45, 2.75) is 13.1 Å². The van der Waals surface area contributed by atoms with Gasteiger partial charge in [0, 0.05) is 26.7 Å². The fourth-order valence-electron chi connectivity index (χ4n) is 2.43. The predicted molar refractivity (Wildman–Crippen MR) is 103 cm³/mol. The Morgan fingerprint density at radius 2 is 1.78 bits per heavy atom. The van der Waals surface area contributed by atoms with Gasteiger partial charge in [-0.15, -0.1) is 0 Å². The van der Waals surface area contributed by atoms with E-state index in [1.807, 2.05) is 30.3 Å². The van der Waals surface area contributed by atoms with Crippen LogP contribution in [0.1, 0.15) is 11.1 Å². The summed E-state index contributed by atoms with van der Waals surface area (Å²) < 4.78 is 32.6. The summed E-state index contributed by atoms with van der Waals surface area (Å²) in [6, 6.07) is 16.0. The third-order valence-electron chi connectivity index (χ3n) is 3.66. The van der Waals surface area contributed by atoms with Crippen molar-refractivity contribution in [3.8, 4) is 5.75 Å². The summed E-state index contributed by atoms with van der Waals surface area (Å²) >= 11 is 0. The Labute approximate surface area is 160 Å². The van der Waals surface area contributed by atoms with Gasteiger partial charge in [0.2, 0.25) is 0 Å². The molecular weight excluding hydrogens is 368 g/mol. The van der Waals surface area contributed by atoms with Gasteiger partial charge in [-0.2, -0.15) is 8.42 Å². The number of benzene rings is 2. The zero-order valence-corrected chi connectivity index (χ0v) is 16.2. The van der Waals surface area contributed by atoms with Gasteiger partial charge in [-0.25, -0.2) is 4.79 Å². The number of hydrogen-bond acceptors (Lipinski definition) is 5. The standard InChI is InChI=1S/C19H24N2O5S/c1-25-12-11-21(19(22)20-14-16-7-4-3-5-8-16)15-17-9-6-10-18(13-17)26-27(2,23)24/h3-10,13H,11-12,14-15H2,1-2H3,(H,20,22). The zero-order chi connectivity index (χ0) is 19.7. The van der Waals surface area contributed by atoms with Crippen LogP contribution in [0.2, 0.25) is 0 Å². The molecule has 1 N–H and O–H groups in total. The average Bonchev–Trinajstić information content (AvgIpc) is 2.63. The van der Waals surface area contributed by atoms with Gasteiger partial charge in [0.05, 0.1) is 12.9 Å². The monoisotopic (exact) mass is 392 g/mol. The number of carbonyl (C=O) groups is 1. The van der Waals surface area contributed by atoms with Crippen molar-refractivity contribution in [3.05, 3.63) is 65.7 Å². The van der Waals surface area contributed by atoms with E-state index < -0.39 is 10.1 Å². The number of hydrogen-bond donors (Lipinski definition) is 1. The van der Waals surface area contributed by atoms with E-state index in [1.54, 1.807) is 36.3 Å². The average molecular weight is 392 g/mol. The second kappa shape index (κ2) is 9.94. The van der Waals surface area contributed by atoms with Crippen LogP contribution in [0.15, 0.2) is 54.6 Å². The minimum atomic E-state index is -3.61. The minimum absolute atomic E-state index is 0.214. The number of ether oxygens (including phenoxy) is 1. The van der Waals surface area contributed by atoms with Crippen LogP contribution < -0.4 is 9.50 Å². The van der Waals surface area contributed by atoms with Crippen molar-refractivity contribution in [2.75, 3.05) is 26.5 Å². The lowest BCUT2D eigenvalue weighted by molar-refractivity contribution is 0.146. The van der Waals surface area contributed by atoms with E-state index >= 15 is 0 Å². The molecule has 7 nitrogen and oxygen atoms in total. The molecule has 0 aromatic heterocycles. The SMILES string of the molecule is COCCN(Cc1cccc(OS(C)(=O)=O)c1)C(=O)NCc1ccccc1. The highest BCUT2D eigenvalue weighted by atomic mass is 32.2. The number of methoxy groups -OCH3 is 1. The molecule has 0 bridgehead atoms. The van der Waals surface area contributed by atoms with E-state index in [-0.39, 0.29) is 11.8 Å². The van der Waals surface area contributed by atoms with Gasteiger partial charge in [-0.1, -0.05) is 42.5 Å². The fraction of sp³-hybridized carbons (Fsp3) is 0.316. The highest BCUT2D eigenvalue weighted by molar-refractivity contribution is 7.86. The molecule has 2 rings (SSSR count). The number of amides is 2. The van der Waals surface area contributed by atoms with E-state index in [2.05, 4.69) is 5.32 Å². The molecule has 2 amide bonds. The Bertz CT molecular complexity index is 840. The molecule has 0 aliphatic rings. The van der Waals surface area contributed by atoms with E-state index in [1.165, 1.54) is 0 Å². The zero-order valence-electron chi connectivity index (χ0n) is 15.4. The largest absolute Gasteiger partial charge is 0.383 e. The van der Waals surface area contributed by atoms with Crippen LogP contribution in [0.5, 0.6) is 5.75 Å². The summed E-state index contributed by atoms with van der Waals surface area (Å²) in [5.74, 6) is 0.214. The van der Waals surface area contributed by atoms with Crippen LogP contribution in [0.25, 0.3) is 0 Å². The summed E-state index contributed by atoms with van der Waals surface area (Å²) in [5.41, 5.74) is 1.75. The van der Waals surface area contributed by atoms with Crippen LogP contribution in [0.4, 0.5) is 4.79 Å². The normalized spacial score (nSPS) is 11.0. The molecule has 0 aliphatic carbocycles. The van der Waals surface area contributed by atoms with Crippen LogP contribution in [0, 0.1) is 0 Å². The highest BCUT2D eigenvalue weighted by Crippen LogP contribution is 2.16. The summed E-state index contributed by atoms with van der Waals surface area (Å²) in [7, 11) is -2.03. The van der Waals surface area contributed by atoms with Gasteiger partial charge < -0.3 is 19.1 Å². The lowest BCUT2D eigenvalue weighted by atomic mass is 10.2. The Balaban J connectivity index is 2.04. The van der Waals surface area contributed by atoms with Gasteiger partial charge in [0.1, 0.15) is 5.75 Å². The minimum Gasteiger partial charge on any atom is -0.383 e. The molecule has 0 atom stereocenters. The van der Waals surface area contributed by atoms with Gasteiger partial charge in [0.15, 0.2) is 0 Å². The van der Waals surface area contributed by atoms with Gasteiger partial charge in [0.25, 0.3) is 0 Å². The number of urea groups is 1. The molecule has 146 valence electrons. The highest BCUT2D eigenvalue weighted by Gasteiger charge is 2.14. The lowest BCUT2D eigenvalue weighted by Crippen LogP contribution is -2.40. The maximum Gasteiger partial charge on any atom is 0.318 e. The summed E-state index contributed by atoms with van der Waals surface area (Å²) in [5, 5.41) is 2.89. The first kappa shape index (κ1) is 20.7. The number of rotatable bonds is 9. The maximum absolute atomic E-state index is 12.6. The predicted octanol–water partition coefficient (Wildman–Crippen LogP) is 2.38. The number of nitrogens with zero attached hydrogens (tertiary/aromatic N) is 1.